The molecule has 2 aliphatic heterocycles. The number of hydrazone groups is 1. The van der Waals surface area contributed by atoms with E-state index in [-0.39, 0.29) is 19.0 Å². The van der Waals surface area contributed by atoms with Gasteiger partial charge in [-0.1, -0.05) is 84.9 Å². The molecule has 10 nitrogen and oxygen atoms in total. The number of aromatic nitrogens is 3. The zero-order chi connectivity index (χ0) is 28.2. The standard InChI is InChI=1S/C31H33N7O3/c32-28(39)22-36-30(37-21-27(25-7-3-1-4-8-25)29(33-37)26-9-5-2-6-10-26)34-38(31(36)40)20-24-13-11-23(12-14-24)19-35-15-17-41-18-16-35/h1-14,27H,15-22H2,(H2,32,39)/t27-/m1/s1. The van der Waals surface area contributed by atoms with Gasteiger partial charge in [-0.15, -0.1) is 5.10 Å². The number of amides is 1. The minimum absolute atomic E-state index is 0.0418. The maximum Gasteiger partial charge on any atom is 0.348 e. The number of anilines is 1. The second kappa shape index (κ2) is 11.9. The zero-order valence-corrected chi connectivity index (χ0v) is 22.8. The maximum absolute atomic E-state index is 13.5. The van der Waals surface area contributed by atoms with Crippen LogP contribution in [0.2, 0.25) is 0 Å². The lowest BCUT2D eigenvalue weighted by molar-refractivity contribution is -0.118. The largest absolute Gasteiger partial charge is 0.379 e. The summed E-state index contributed by atoms with van der Waals surface area (Å²) in [7, 11) is 0. The van der Waals surface area contributed by atoms with E-state index in [0.717, 1.165) is 55.3 Å². The summed E-state index contributed by atoms with van der Waals surface area (Å²) in [6, 6.07) is 28.3. The number of carbonyl (C=O) groups is 1. The van der Waals surface area contributed by atoms with Crippen molar-refractivity contribution in [2.45, 2.75) is 25.6 Å². The molecule has 1 amide bonds. The van der Waals surface area contributed by atoms with Crippen LogP contribution < -0.4 is 16.4 Å². The smallest absolute Gasteiger partial charge is 0.348 e. The highest BCUT2D eigenvalue weighted by atomic mass is 16.5. The molecule has 10 heteroatoms. The Kier molecular flexibility index (Phi) is 7.75. The average Bonchev–Trinajstić information content (AvgIpc) is 3.57. The molecular weight excluding hydrogens is 518 g/mol. The number of benzene rings is 3. The summed E-state index contributed by atoms with van der Waals surface area (Å²) >= 11 is 0. The van der Waals surface area contributed by atoms with E-state index in [1.807, 2.05) is 60.7 Å². The Balaban J connectivity index is 1.29. The number of nitrogens with two attached hydrogens (primary N) is 1. The summed E-state index contributed by atoms with van der Waals surface area (Å²) in [6.07, 6.45) is 0. The van der Waals surface area contributed by atoms with E-state index >= 15 is 0 Å². The van der Waals surface area contributed by atoms with Gasteiger partial charge >= 0.3 is 5.69 Å². The van der Waals surface area contributed by atoms with E-state index in [1.165, 1.54) is 14.8 Å². The molecule has 2 aliphatic rings. The van der Waals surface area contributed by atoms with Gasteiger partial charge in [0.05, 0.1) is 32.0 Å². The molecule has 0 unspecified atom stereocenters. The van der Waals surface area contributed by atoms with Gasteiger partial charge in [0.15, 0.2) is 0 Å². The molecule has 41 heavy (non-hydrogen) atoms. The highest BCUT2D eigenvalue weighted by molar-refractivity contribution is 6.07. The molecule has 4 aromatic rings. The number of nitrogens with zero attached hydrogens (tertiary/aromatic N) is 6. The second-order valence-electron chi connectivity index (χ2n) is 10.4. The first-order valence-corrected chi connectivity index (χ1v) is 13.9. The van der Waals surface area contributed by atoms with E-state index in [4.69, 9.17) is 15.6 Å². The van der Waals surface area contributed by atoms with Gasteiger partial charge in [0.25, 0.3) is 0 Å². The molecular formula is C31H33N7O3. The fourth-order valence-electron chi connectivity index (χ4n) is 5.40. The molecule has 210 valence electrons. The number of morpholine rings is 1. The molecule has 0 bridgehead atoms. The molecule has 3 aromatic carbocycles. The van der Waals surface area contributed by atoms with Crippen LogP contribution in [-0.4, -0.2) is 63.7 Å². The molecule has 6 rings (SSSR count). The van der Waals surface area contributed by atoms with E-state index in [9.17, 15) is 9.59 Å². The van der Waals surface area contributed by atoms with Crippen molar-refractivity contribution in [3.8, 4) is 0 Å². The van der Waals surface area contributed by atoms with Gasteiger partial charge < -0.3 is 10.5 Å². The number of rotatable bonds is 9. The van der Waals surface area contributed by atoms with Crippen LogP contribution >= 0.6 is 0 Å². The Labute approximate surface area is 238 Å². The highest BCUT2D eigenvalue weighted by Crippen LogP contribution is 2.31. The lowest BCUT2D eigenvalue weighted by Gasteiger charge is -2.26. The average molecular weight is 552 g/mol. The van der Waals surface area contributed by atoms with Crippen LogP contribution in [0.25, 0.3) is 0 Å². The first kappa shape index (κ1) is 26.7. The summed E-state index contributed by atoms with van der Waals surface area (Å²) in [4.78, 5) is 27.8. The summed E-state index contributed by atoms with van der Waals surface area (Å²) in [5.41, 5.74) is 10.3. The van der Waals surface area contributed by atoms with Crippen LogP contribution in [0, 0.1) is 0 Å². The Morgan fingerprint density at radius 1 is 0.878 bits per heavy atom. The van der Waals surface area contributed by atoms with E-state index in [0.29, 0.717) is 12.5 Å². The summed E-state index contributed by atoms with van der Waals surface area (Å²) in [5.74, 6) is -0.365. The normalized spacial score (nSPS) is 17.5. The van der Waals surface area contributed by atoms with Gasteiger partial charge in [-0.05, 0) is 22.3 Å². The Morgan fingerprint density at radius 3 is 2.17 bits per heavy atom. The summed E-state index contributed by atoms with van der Waals surface area (Å²) in [6.45, 7) is 4.69. The van der Waals surface area contributed by atoms with Crippen LogP contribution in [0.1, 0.15) is 28.2 Å². The third-order valence-electron chi connectivity index (χ3n) is 7.50. The van der Waals surface area contributed by atoms with Gasteiger partial charge in [-0.25, -0.2) is 14.5 Å². The predicted octanol–water partition coefficient (Wildman–Crippen LogP) is 2.42. The molecule has 2 N–H and O–H groups in total. The third kappa shape index (κ3) is 5.98. The Hall–Kier alpha value is -4.54. The molecule has 1 aromatic heterocycles. The van der Waals surface area contributed by atoms with Crippen molar-refractivity contribution in [2.75, 3.05) is 37.9 Å². The number of ether oxygens (including phenoxy) is 1. The molecule has 3 heterocycles. The number of primary amides is 1. The Bertz CT molecular complexity index is 1570. The van der Waals surface area contributed by atoms with Crippen LogP contribution in [0.4, 0.5) is 5.95 Å². The van der Waals surface area contributed by atoms with Gasteiger partial charge in [0.2, 0.25) is 11.9 Å². The van der Waals surface area contributed by atoms with E-state index in [1.54, 1.807) is 5.01 Å². The molecule has 1 atom stereocenters. The summed E-state index contributed by atoms with van der Waals surface area (Å²) in [5, 5.41) is 11.3. The topological polar surface area (TPSA) is 111 Å². The SMILES string of the molecule is NC(=O)Cn1c(N2C[C@H](c3ccccc3)C(c3ccccc3)=N2)nn(Cc2ccc(CN3CCOCC3)cc2)c1=O. The van der Waals surface area contributed by atoms with Gasteiger partial charge in [0.1, 0.15) is 6.54 Å². The van der Waals surface area contributed by atoms with Gasteiger partial charge in [-0.2, -0.15) is 5.10 Å². The second-order valence-corrected chi connectivity index (χ2v) is 10.4. The van der Waals surface area contributed by atoms with E-state index in [2.05, 4.69) is 34.3 Å². The number of hydrogen-bond donors (Lipinski definition) is 1. The first-order chi connectivity index (χ1) is 20.0. The molecule has 0 saturated carbocycles. The summed E-state index contributed by atoms with van der Waals surface area (Å²) < 4.78 is 8.13. The maximum atomic E-state index is 13.5. The lowest BCUT2D eigenvalue weighted by atomic mass is 9.91. The van der Waals surface area contributed by atoms with Crippen LogP contribution in [0.15, 0.2) is 94.8 Å². The Morgan fingerprint density at radius 2 is 1.51 bits per heavy atom. The van der Waals surface area contributed by atoms with Crippen molar-refractivity contribution >= 4 is 17.6 Å². The number of hydrogen-bond acceptors (Lipinski definition) is 7. The quantitative estimate of drug-likeness (QED) is 0.342. The van der Waals surface area contributed by atoms with E-state index < -0.39 is 11.6 Å². The monoisotopic (exact) mass is 551 g/mol. The van der Waals surface area contributed by atoms with Gasteiger partial charge in [0, 0.05) is 25.6 Å². The zero-order valence-electron chi connectivity index (χ0n) is 22.8. The van der Waals surface area contributed by atoms with Crippen LogP contribution in [0.3, 0.4) is 0 Å². The first-order valence-electron chi connectivity index (χ1n) is 13.9. The van der Waals surface area contributed by atoms with Crippen LogP contribution in [0.5, 0.6) is 0 Å². The molecule has 1 fully saturated rings. The van der Waals surface area contributed by atoms with Crippen LogP contribution in [-0.2, 0) is 29.2 Å². The van der Waals surface area contributed by atoms with Crippen molar-refractivity contribution in [3.05, 3.63) is 118 Å². The van der Waals surface area contributed by atoms with Crippen molar-refractivity contribution in [3.63, 3.8) is 0 Å². The minimum atomic E-state index is -0.619. The molecule has 1 saturated heterocycles. The minimum Gasteiger partial charge on any atom is -0.379 e. The third-order valence-corrected chi connectivity index (χ3v) is 7.50. The molecule has 0 aliphatic carbocycles. The lowest BCUT2D eigenvalue weighted by Crippen LogP contribution is -2.35. The van der Waals surface area contributed by atoms with Crippen molar-refractivity contribution in [1.29, 1.82) is 0 Å². The van der Waals surface area contributed by atoms with Crippen molar-refractivity contribution < 1.29 is 9.53 Å². The molecule has 0 spiro atoms. The predicted molar refractivity (Wildman–Crippen MR) is 157 cm³/mol. The van der Waals surface area contributed by atoms with Gasteiger partial charge in [-0.3, -0.25) is 14.3 Å². The van der Waals surface area contributed by atoms with Crippen molar-refractivity contribution in [2.24, 2.45) is 10.8 Å². The van der Waals surface area contributed by atoms with Crippen molar-refractivity contribution in [1.82, 2.24) is 19.2 Å². The fourth-order valence-corrected chi connectivity index (χ4v) is 5.40. The molecule has 0 radical (unpaired) electrons. The highest BCUT2D eigenvalue weighted by Gasteiger charge is 2.33. The number of carbonyl (C=O) groups excluding carboxylic acids is 1. The fraction of sp³-hybridized carbons (Fsp3) is 0.290.